The zero-order chi connectivity index (χ0) is 13.7. The predicted molar refractivity (Wildman–Crippen MR) is 65.0 cm³/mol. The molecule has 1 unspecified atom stereocenters. The molecule has 100 valence electrons. The van der Waals surface area contributed by atoms with E-state index in [9.17, 15) is 14.6 Å². The topological polar surface area (TPSA) is 110 Å². The number of imidazole rings is 1. The predicted octanol–water partition coefficient (Wildman–Crippen LogP) is 0.192. The summed E-state index contributed by atoms with van der Waals surface area (Å²) in [6, 6.07) is -1.11. The highest BCUT2D eigenvalue weighted by atomic mass is 35.5. The van der Waals surface area contributed by atoms with Crippen LogP contribution in [0.25, 0.3) is 11.2 Å². The number of fused-ring (bicyclic) bond motifs is 1. The number of aliphatic hydroxyl groups excluding tert-OH is 2. The van der Waals surface area contributed by atoms with Crippen LogP contribution in [0.5, 0.6) is 0 Å². The van der Waals surface area contributed by atoms with Crippen molar-refractivity contribution in [2.45, 2.75) is 18.2 Å². The molecule has 0 saturated carbocycles. The Bertz CT molecular complexity index is 688. The van der Waals surface area contributed by atoms with Crippen molar-refractivity contribution in [3.8, 4) is 0 Å². The second-order valence-electron chi connectivity index (χ2n) is 4.18. The van der Waals surface area contributed by atoms with E-state index in [0.29, 0.717) is 0 Å². The molecule has 0 fully saturated rings. The number of halogens is 2. The maximum atomic E-state index is 13.8. The molecule has 9 heteroatoms. The highest BCUT2D eigenvalue weighted by molar-refractivity contribution is 6.28. The van der Waals surface area contributed by atoms with Gasteiger partial charge in [-0.25, -0.2) is 9.37 Å². The van der Waals surface area contributed by atoms with E-state index in [-0.39, 0.29) is 22.3 Å². The van der Waals surface area contributed by atoms with Crippen LogP contribution in [0.3, 0.4) is 0 Å². The normalized spacial score (nSPS) is 26.9. The van der Waals surface area contributed by atoms with Gasteiger partial charge in [-0.05, 0) is 17.7 Å². The first-order chi connectivity index (χ1) is 8.99. The molecule has 1 aliphatic rings. The SMILES string of the molecule is Nc1nc(Cl)nc2c1ncn2C1C(F)=C[C@H](O)[C@H]1O. The molecule has 19 heavy (non-hydrogen) atoms. The van der Waals surface area contributed by atoms with Gasteiger partial charge in [-0.3, -0.25) is 0 Å². The molecule has 2 aromatic rings. The van der Waals surface area contributed by atoms with E-state index in [2.05, 4.69) is 15.0 Å². The first kappa shape index (κ1) is 12.3. The monoisotopic (exact) mass is 285 g/mol. The van der Waals surface area contributed by atoms with Gasteiger partial charge in [0.25, 0.3) is 0 Å². The maximum absolute atomic E-state index is 13.8. The summed E-state index contributed by atoms with van der Waals surface area (Å²) >= 11 is 5.70. The van der Waals surface area contributed by atoms with Crippen molar-refractivity contribution in [2.75, 3.05) is 5.73 Å². The Hall–Kier alpha value is -1.77. The molecule has 0 radical (unpaired) electrons. The van der Waals surface area contributed by atoms with Crippen molar-refractivity contribution in [3.05, 3.63) is 23.5 Å². The Morgan fingerprint density at radius 2 is 2.11 bits per heavy atom. The maximum Gasteiger partial charge on any atom is 0.226 e. The minimum absolute atomic E-state index is 0.0613. The summed E-state index contributed by atoms with van der Waals surface area (Å²) in [6.45, 7) is 0. The van der Waals surface area contributed by atoms with Crippen molar-refractivity contribution < 1.29 is 14.6 Å². The molecule has 0 amide bonds. The number of nitrogens with zero attached hydrogens (tertiary/aromatic N) is 4. The van der Waals surface area contributed by atoms with Crippen LogP contribution < -0.4 is 5.73 Å². The summed E-state index contributed by atoms with van der Waals surface area (Å²) in [4.78, 5) is 11.6. The van der Waals surface area contributed by atoms with E-state index in [0.717, 1.165) is 6.08 Å². The van der Waals surface area contributed by atoms with Gasteiger partial charge in [0.2, 0.25) is 5.28 Å². The number of nitrogen functional groups attached to an aromatic ring is 1. The van der Waals surface area contributed by atoms with Gasteiger partial charge in [-0.1, -0.05) is 0 Å². The molecule has 7 nitrogen and oxygen atoms in total. The molecule has 4 N–H and O–H groups in total. The molecule has 1 aliphatic carbocycles. The fourth-order valence-corrected chi connectivity index (χ4v) is 2.29. The number of hydrogen-bond acceptors (Lipinski definition) is 6. The van der Waals surface area contributed by atoms with Gasteiger partial charge in [0.05, 0.1) is 6.33 Å². The standard InChI is InChI=1S/C10H9ClFN5O2/c11-10-15-8(13)5-9(16-10)17(2-14-5)6-3(12)1-4(18)7(6)19/h1-2,4,6-7,18-19H,(H2,13,15,16)/t4-,6?,7+/m0/s1. The first-order valence-corrected chi connectivity index (χ1v) is 5.75. The Morgan fingerprint density at radius 3 is 2.74 bits per heavy atom. The lowest BCUT2D eigenvalue weighted by Gasteiger charge is -2.18. The molecule has 3 rings (SSSR count). The molecular formula is C10H9ClFN5O2. The zero-order valence-corrected chi connectivity index (χ0v) is 10.2. The van der Waals surface area contributed by atoms with E-state index in [4.69, 9.17) is 17.3 Å². The Morgan fingerprint density at radius 1 is 1.37 bits per heavy atom. The van der Waals surface area contributed by atoms with Crippen LogP contribution in [0.4, 0.5) is 10.2 Å². The third kappa shape index (κ3) is 1.76. The fourth-order valence-electron chi connectivity index (χ4n) is 2.12. The van der Waals surface area contributed by atoms with Crippen molar-refractivity contribution in [1.82, 2.24) is 19.5 Å². The number of aromatic nitrogens is 4. The lowest BCUT2D eigenvalue weighted by atomic mass is 10.2. The van der Waals surface area contributed by atoms with Gasteiger partial charge >= 0.3 is 0 Å². The second kappa shape index (κ2) is 4.12. The number of rotatable bonds is 1. The first-order valence-electron chi connectivity index (χ1n) is 5.38. The molecule has 0 aromatic carbocycles. The van der Waals surface area contributed by atoms with Gasteiger partial charge in [0.1, 0.15) is 29.6 Å². The molecule has 0 bridgehead atoms. The van der Waals surface area contributed by atoms with Crippen LogP contribution in [-0.4, -0.2) is 41.9 Å². The van der Waals surface area contributed by atoms with Crippen molar-refractivity contribution in [3.63, 3.8) is 0 Å². The van der Waals surface area contributed by atoms with Crippen LogP contribution in [0.1, 0.15) is 6.04 Å². The second-order valence-corrected chi connectivity index (χ2v) is 4.52. The van der Waals surface area contributed by atoms with Crippen LogP contribution in [0.2, 0.25) is 5.28 Å². The third-order valence-corrected chi connectivity index (χ3v) is 3.18. The Kier molecular flexibility index (Phi) is 2.66. The minimum Gasteiger partial charge on any atom is -0.387 e. The molecule has 0 aliphatic heterocycles. The summed E-state index contributed by atoms with van der Waals surface area (Å²) in [7, 11) is 0. The summed E-state index contributed by atoms with van der Waals surface area (Å²) in [5, 5.41) is 19.1. The summed E-state index contributed by atoms with van der Waals surface area (Å²) in [5.41, 5.74) is 6.08. The van der Waals surface area contributed by atoms with Crippen LogP contribution in [-0.2, 0) is 0 Å². The van der Waals surface area contributed by atoms with Gasteiger partial charge in [0, 0.05) is 0 Å². The largest absolute Gasteiger partial charge is 0.387 e. The van der Waals surface area contributed by atoms with E-state index in [1.54, 1.807) is 0 Å². The third-order valence-electron chi connectivity index (χ3n) is 3.01. The number of hydrogen-bond donors (Lipinski definition) is 3. The molecule has 2 heterocycles. The quantitative estimate of drug-likeness (QED) is 0.645. The lowest BCUT2D eigenvalue weighted by molar-refractivity contribution is 0.0338. The number of anilines is 1. The molecule has 3 atom stereocenters. The summed E-state index contributed by atoms with van der Waals surface area (Å²) in [6.07, 6.45) is -0.400. The molecule has 2 aromatic heterocycles. The van der Waals surface area contributed by atoms with Crippen LogP contribution in [0.15, 0.2) is 18.2 Å². The molecule has 0 saturated heterocycles. The van der Waals surface area contributed by atoms with Gasteiger partial charge in [-0.15, -0.1) is 0 Å². The molecule has 0 spiro atoms. The number of nitrogens with two attached hydrogens (primary N) is 1. The van der Waals surface area contributed by atoms with Crippen molar-refractivity contribution >= 4 is 28.6 Å². The minimum atomic E-state index is -1.33. The highest BCUT2D eigenvalue weighted by Gasteiger charge is 2.38. The van der Waals surface area contributed by atoms with E-state index < -0.39 is 24.1 Å². The van der Waals surface area contributed by atoms with E-state index in [1.165, 1.54) is 10.9 Å². The zero-order valence-electron chi connectivity index (χ0n) is 9.40. The fraction of sp³-hybridized carbons (Fsp3) is 0.300. The van der Waals surface area contributed by atoms with E-state index in [1.807, 2.05) is 0 Å². The average Bonchev–Trinajstić information content (AvgIpc) is 2.82. The number of aliphatic hydroxyl groups is 2. The Balaban J connectivity index is 2.19. The summed E-state index contributed by atoms with van der Waals surface area (Å²) in [5.74, 6) is -0.612. The van der Waals surface area contributed by atoms with Crippen LogP contribution in [0, 0.1) is 0 Å². The lowest BCUT2D eigenvalue weighted by Crippen LogP contribution is -2.28. The van der Waals surface area contributed by atoms with Gasteiger partial charge < -0.3 is 20.5 Å². The van der Waals surface area contributed by atoms with Gasteiger partial charge in [-0.2, -0.15) is 9.97 Å². The van der Waals surface area contributed by atoms with Crippen LogP contribution >= 0.6 is 11.6 Å². The van der Waals surface area contributed by atoms with Gasteiger partial charge in [0.15, 0.2) is 11.5 Å². The smallest absolute Gasteiger partial charge is 0.226 e. The molecular weight excluding hydrogens is 277 g/mol. The average molecular weight is 286 g/mol. The van der Waals surface area contributed by atoms with Crippen molar-refractivity contribution in [2.24, 2.45) is 0 Å². The Labute approximate surface area is 111 Å². The van der Waals surface area contributed by atoms with E-state index >= 15 is 0 Å². The summed E-state index contributed by atoms with van der Waals surface area (Å²) < 4.78 is 15.0. The highest BCUT2D eigenvalue weighted by Crippen LogP contribution is 2.34. The van der Waals surface area contributed by atoms with Crippen molar-refractivity contribution in [1.29, 1.82) is 0 Å².